The summed E-state index contributed by atoms with van der Waals surface area (Å²) >= 11 is 0. The average molecular weight is 210 g/mol. The summed E-state index contributed by atoms with van der Waals surface area (Å²) in [7, 11) is 0. The molecule has 1 saturated heterocycles. The highest BCUT2D eigenvalue weighted by Crippen LogP contribution is 2.08. The summed E-state index contributed by atoms with van der Waals surface area (Å²) in [6.45, 7) is 6.15. The first-order chi connectivity index (χ1) is 7.38. The summed E-state index contributed by atoms with van der Waals surface area (Å²) in [6, 6.07) is 0.632. The van der Waals surface area contributed by atoms with Crippen LogP contribution in [0, 0.1) is 0 Å². The number of hydrogen-bond acceptors (Lipinski definition) is 5. The molecular formula is C10H18N4O. The van der Waals surface area contributed by atoms with Gasteiger partial charge in [-0.1, -0.05) is 12.1 Å². The van der Waals surface area contributed by atoms with Gasteiger partial charge in [-0.05, 0) is 25.9 Å². The maximum atomic E-state index is 5.01. The van der Waals surface area contributed by atoms with E-state index in [0.717, 1.165) is 26.2 Å². The first-order valence-electron chi connectivity index (χ1n) is 5.59. The van der Waals surface area contributed by atoms with Gasteiger partial charge in [-0.25, -0.2) is 0 Å². The molecule has 0 amide bonds. The van der Waals surface area contributed by atoms with Gasteiger partial charge in [0, 0.05) is 12.6 Å². The minimum absolute atomic E-state index is 0.632. The Morgan fingerprint density at radius 3 is 3.20 bits per heavy atom. The summed E-state index contributed by atoms with van der Waals surface area (Å²) in [6.07, 6.45) is 4.03. The summed E-state index contributed by atoms with van der Waals surface area (Å²) in [5.41, 5.74) is 0. The van der Waals surface area contributed by atoms with Crippen LogP contribution in [0.4, 0.5) is 0 Å². The molecule has 2 heterocycles. The average Bonchev–Trinajstić information content (AvgIpc) is 2.89. The lowest BCUT2D eigenvalue weighted by Gasteiger charge is -2.22. The van der Waals surface area contributed by atoms with Crippen molar-refractivity contribution in [2.75, 3.05) is 19.6 Å². The Bertz CT molecular complexity index is 269. The van der Waals surface area contributed by atoms with Crippen LogP contribution in [0.15, 0.2) is 10.9 Å². The quantitative estimate of drug-likeness (QED) is 0.773. The van der Waals surface area contributed by atoms with Crippen LogP contribution in [0.5, 0.6) is 0 Å². The van der Waals surface area contributed by atoms with Gasteiger partial charge in [-0.2, -0.15) is 4.98 Å². The van der Waals surface area contributed by atoms with Crippen LogP contribution in [-0.2, 0) is 6.54 Å². The number of likely N-dealkylation sites (N-methyl/N-ethyl adjacent to an activating group) is 1. The Morgan fingerprint density at radius 1 is 1.67 bits per heavy atom. The minimum Gasteiger partial charge on any atom is -0.338 e. The van der Waals surface area contributed by atoms with Crippen molar-refractivity contribution < 1.29 is 4.52 Å². The zero-order valence-corrected chi connectivity index (χ0v) is 9.15. The molecular weight excluding hydrogens is 192 g/mol. The van der Waals surface area contributed by atoms with E-state index in [4.69, 9.17) is 4.52 Å². The van der Waals surface area contributed by atoms with Gasteiger partial charge in [0.15, 0.2) is 6.33 Å². The van der Waals surface area contributed by atoms with E-state index in [1.165, 1.54) is 19.2 Å². The molecule has 0 bridgehead atoms. The van der Waals surface area contributed by atoms with Crippen molar-refractivity contribution in [1.82, 2.24) is 20.4 Å². The van der Waals surface area contributed by atoms with Gasteiger partial charge in [0.25, 0.3) is 0 Å². The molecule has 2 rings (SSSR count). The van der Waals surface area contributed by atoms with Gasteiger partial charge in [0.1, 0.15) is 0 Å². The number of nitrogens with one attached hydrogen (secondary N) is 1. The number of nitrogens with zero attached hydrogens (tertiary/aromatic N) is 3. The highest BCUT2D eigenvalue weighted by molar-refractivity contribution is 4.80. The molecule has 0 aliphatic carbocycles. The molecule has 1 N–H and O–H groups in total. The monoisotopic (exact) mass is 210 g/mol. The van der Waals surface area contributed by atoms with Crippen LogP contribution in [0.25, 0.3) is 0 Å². The molecule has 1 fully saturated rings. The Labute approximate surface area is 89.8 Å². The molecule has 5 heteroatoms. The highest BCUT2D eigenvalue weighted by atomic mass is 16.5. The van der Waals surface area contributed by atoms with Crippen molar-refractivity contribution >= 4 is 0 Å². The standard InChI is InChI=1S/C10H18N4O/c1-2-14(6-9-4-3-5-11-9)7-10-12-8-13-15-10/h8-9,11H,2-7H2,1H3. The summed E-state index contributed by atoms with van der Waals surface area (Å²) < 4.78 is 5.01. The van der Waals surface area contributed by atoms with Crippen molar-refractivity contribution in [2.45, 2.75) is 32.4 Å². The molecule has 15 heavy (non-hydrogen) atoms. The van der Waals surface area contributed by atoms with Gasteiger partial charge in [-0.15, -0.1) is 0 Å². The first kappa shape index (κ1) is 10.6. The SMILES string of the molecule is CCN(Cc1ncno1)CC1CCCN1. The molecule has 0 aromatic carbocycles. The third-order valence-corrected chi connectivity index (χ3v) is 2.85. The predicted molar refractivity (Wildman–Crippen MR) is 56.3 cm³/mol. The molecule has 1 aromatic heterocycles. The molecule has 1 aliphatic heterocycles. The molecule has 5 nitrogen and oxygen atoms in total. The summed E-state index contributed by atoms with van der Waals surface area (Å²) in [4.78, 5) is 6.37. The van der Waals surface area contributed by atoms with Crippen LogP contribution in [-0.4, -0.2) is 40.7 Å². The smallest absolute Gasteiger partial charge is 0.240 e. The van der Waals surface area contributed by atoms with Crippen molar-refractivity contribution in [2.24, 2.45) is 0 Å². The predicted octanol–water partition coefficient (Wildman–Crippen LogP) is 0.643. The van der Waals surface area contributed by atoms with Gasteiger partial charge >= 0.3 is 0 Å². The van der Waals surface area contributed by atoms with E-state index in [1.807, 2.05) is 0 Å². The number of aromatic nitrogens is 2. The first-order valence-corrected chi connectivity index (χ1v) is 5.59. The largest absolute Gasteiger partial charge is 0.338 e. The minimum atomic E-state index is 0.632. The second-order valence-electron chi connectivity index (χ2n) is 3.96. The molecule has 0 radical (unpaired) electrons. The van der Waals surface area contributed by atoms with Crippen LogP contribution in [0.2, 0.25) is 0 Å². The van der Waals surface area contributed by atoms with E-state index < -0.39 is 0 Å². The fourth-order valence-electron chi connectivity index (χ4n) is 1.99. The fourth-order valence-corrected chi connectivity index (χ4v) is 1.99. The van der Waals surface area contributed by atoms with E-state index in [1.54, 1.807) is 0 Å². The van der Waals surface area contributed by atoms with E-state index >= 15 is 0 Å². The van der Waals surface area contributed by atoms with E-state index in [2.05, 4.69) is 27.3 Å². The zero-order valence-electron chi connectivity index (χ0n) is 9.15. The highest BCUT2D eigenvalue weighted by Gasteiger charge is 2.18. The van der Waals surface area contributed by atoms with Crippen LogP contribution in [0.1, 0.15) is 25.7 Å². The molecule has 1 aliphatic rings. The van der Waals surface area contributed by atoms with Gasteiger partial charge in [-0.3, -0.25) is 4.90 Å². The van der Waals surface area contributed by atoms with Crippen molar-refractivity contribution in [3.05, 3.63) is 12.2 Å². The van der Waals surface area contributed by atoms with E-state index in [0.29, 0.717) is 11.9 Å². The van der Waals surface area contributed by atoms with Crippen molar-refractivity contribution in [1.29, 1.82) is 0 Å². The Kier molecular flexibility index (Phi) is 3.69. The number of rotatable bonds is 5. The third-order valence-electron chi connectivity index (χ3n) is 2.85. The van der Waals surface area contributed by atoms with Gasteiger partial charge in [0.05, 0.1) is 6.54 Å². The Morgan fingerprint density at radius 2 is 2.60 bits per heavy atom. The van der Waals surface area contributed by atoms with Gasteiger partial charge < -0.3 is 9.84 Å². The molecule has 1 aromatic rings. The lowest BCUT2D eigenvalue weighted by Crippen LogP contribution is -2.37. The normalized spacial score (nSPS) is 21.3. The maximum absolute atomic E-state index is 5.01. The Balaban J connectivity index is 1.81. The van der Waals surface area contributed by atoms with Crippen LogP contribution in [0.3, 0.4) is 0 Å². The zero-order chi connectivity index (χ0) is 10.5. The van der Waals surface area contributed by atoms with E-state index in [-0.39, 0.29) is 0 Å². The molecule has 0 saturated carbocycles. The summed E-state index contributed by atoms with van der Waals surface area (Å²) in [5.74, 6) is 0.704. The summed E-state index contributed by atoms with van der Waals surface area (Å²) in [5, 5.41) is 7.11. The van der Waals surface area contributed by atoms with Crippen molar-refractivity contribution in [3.63, 3.8) is 0 Å². The van der Waals surface area contributed by atoms with Crippen LogP contribution >= 0.6 is 0 Å². The van der Waals surface area contributed by atoms with Crippen molar-refractivity contribution in [3.8, 4) is 0 Å². The van der Waals surface area contributed by atoms with Gasteiger partial charge in [0.2, 0.25) is 5.89 Å². The lowest BCUT2D eigenvalue weighted by molar-refractivity contribution is 0.218. The maximum Gasteiger partial charge on any atom is 0.240 e. The van der Waals surface area contributed by atoms with E-state index in [9.17, 15) is 0 Å². The lowest BCUT2D eigenvalue weighted by atomic mass is 10.2. The molecule has 1 unspecified atom stereocenters. The molecule has 0 spiro atoms. The van der Waals surface area contributed by atoms with Crippen LogP contribution < -0.4 is 5.32 Å². The number of hydrogen-bond donors (Lipinski definition) is 1. The molecule has 1 atom stereocenters. The molecule has 84 valence electrons. The topological polar surface area (TPSA) is 54.2 Å². The Hall–Kier alpha value is -0.940. The third kappa shape index (κ3) is 3.00. The fraction of sp³-hybridized carbons (Fsp3) is 0.800. The second-order valence-corrected chi connectivity index (χ2v) is 3.96. The second kappa shape index (κ2) is 5.23.